The molecule has 0 spiro atoms. The van der Waals surface area contributed by atoms with Gasteiger partial charge in [0.05, 0.1) is 5.69 Å². The topological polar surface area (TPSA) is 74.3 Å². The van der Waals surface area contributed by atoms with Crippen molar-refractivity contribution in [3.05, 3.63) is 41.7 Å². The normalized spacial score (nSPS) is 24.8. The van der Waals surface area contributed by atoms with Gasteiger partial charge in [-0.25, -0.2) is 4.79 Å². The Labute approximate surface area is 142 Å². The molecule has 6 heteroatoms. The van der Waals surface area contributed by atoms with E-state index in [-0.39, 0.29) is 17.9 Å². The Morgan fingerprint density at radius 2 is 2.08 bits per heavy atom. The number of rotatable bonds is 4. The highest BCUT2D eigenvalue weighted by atomic mass is 16.2. The highest BCUT2D eigenvalue weighted by Crippen LogP contribution is 2.39. The van der Waals surface area contributed by atoms with Crippen molar-refractivity contribution in [2.45, 2.75) is 32.2 Å². The maximum Gasteiger partial charge on any atom is 0.325 e. The Morgan fingerprint density at radius 1 is 1.33 bits per heavy atom. The number of hydrogen-bond donors (Lipinski definition) is 2. The van der Waals surface area contributed by atoms with Crippen LogP contribution in [0.15, 0.2) is 36.0 Å². The number of urea groups is 1. The van der Waals surface area contributed by atoms with Crippen molar-refractivity contribution < 1.29 is 9.59 Å². The molecule has 0 aromatic carbocycles. The lowest BCUT2D eigenvalue weighted by Gasteiger charge is -2.37. The summed E-state index contributed by atoms with van der Waals surface area (Å²) >= 11 is 0. The summed E-state index contributed by atoms with van der Waals surface area (Å²) in [6, 6.07) is 5.19. The van der Waals surface area contributed by atoms with E-state index >= 15 is 0 Å². The number of nitrogens with one attached hydrogen (secondary N) is 2. The highest BCUT2D eigenvalue weighted by molar-refractivity contribution is 6.07. The van der Waals surface area contributed by atoms with Crippen molar-refractivity contribution in [2.75, 3.05) is 19.6 Å². The molecule has 2 saturated heterocycles. The smallest absolute Gasteiger partial charge is 0.318 e. The van der Waals surface area contributed by atoms with Crippen LogP contribution in [0.25, 0.3) is 0 Å². The SMILES string of the molecule is CC(C)=CCN1C(=O)NC(c2ccccn2)(C2CCNCC2)C1=O. The third-order valence-corrected chi connectivity index (χ3v) is 4.83. The van der Waals surface area contributed by atoms with Crippen LogP contribution >= 0.6 is 0 Å². The van der Waals surface area contributed by atoms with Crippen molar-refractivity contribution in [1.29, 1.82) is 0 Å². The molecule has 2 aliphatic rings. The Bertz CT molecular complexity index is 648. The van der Waals surface area contributed by atoms with Gasteiger partial charge in [0.1, 0.15) is 0 Å². The lowest BCUT2D eigenvalue weighted by molar-refractivity contribution is -0.134. The van der Waals surface area contributed by atoms with Crippen LogP contribution in [0.1, 0.15) is 32.4 Å². The van der Waals surface area contributed by atoms with Gasteiger partial charge < -0.3 is 10.6 Å². The van der Waals surface area contributed by atoms with E-state index in [1.807, 2.05) is 38.1 Å². The number of allylic oxidation sites excluding steroid dienone is 1. The van der Waals surface area contributed by atoms with Gasteiger partial charge >= 0.3 is 6.03 Å². The fourth-order valence-corrected chi connectivity index (χ4v) is 3.54. The molecule has 3 amide bonds. The number of imide groups is 1. The molecule has 2 N–H and O–H groups in total. The fourth-order valence-electron chi connectivity index (χ4n) is 3.54. The number of nitrogens with zero attached hydrogens (tertiary/aromatic N) is 2. The van der Waals surface area contributed by atoms with Gasteiger partial charge in [-0.3, -0.25) is 14.7 Å². The minimum Gasteiger partial charge on any atom is -0.318 e. The maximum absolute atomic E-state index is 13.3. The fraction of sp³-hybridized carbons (Fsp3) is 0.500. The Hall–Kier alpha value is -2.21. The minimum absolute atomic E-state index is 0.0433. The van der Waals surface area contributed by atoms with E-state index in [2.05, 4.69) is 15.6 Å². The zero-order chi connectivity index (χ0) is 17.2. The van der Waals surface area contributed by atoms with Crippen molar-refractivity contribution in [2.24, 2.45) is 5.92 Å². The van der Waals surface area contributed by atoms with Crippen LogP contribution in [0, 0.1) is 5.92 Å². The molecule has 1 aromatic heterocycles. The second kappa shape index (κ2) is 6.73. The summed E-state index contributed by atoms with van der Waals surface area (Å²) in [6.07, 6.45) is 5.24. The van der Waals surface area contributed by atoms with Gasteiger partial charge in [-0.1, -0.05) is 17.7 Å². The van der Waals surface area contributed by atoms with Gasteiger partial charge in [-0.05, 0) is 57.8 Å². The molecule has 1 atom stereocenters. The molecule has 0 bridgehead atoms. The first-order chi connectivity index (χ1) is 11.6. The number of hydrogen-bond acceptors (Lipinski definition) is 4. The van der Waals surface area contributed by atoms with Crippen LogP contribution in [-0.4, -0.2) is 41.5 Å². The predicted octanol–water partition coefficient (Wildman–Crippen LogP) is 1.79. The summed E-state index contributed by atoms with van der Waals surface area (Å²) in [5, 5.41) is 6.31. The second-order valence-corrected chi connectivity index (χ2v) is 6.67. The van der Waals surface area contributed by atoms with Gasteiger partial charge in [-0.15, -0.1) is 0 Å². The van der Waals surface area contributed by atoms with Crippen LogP contribution in [0.5, 0.6) is 0 Å². The van der Waals surface area contributed by atoms with E-state index in [1.54, 1.807) is 6.20 Å². The number of amides is 3. The van der Waals surface area contributed by atoms with Crippen LogP contribution in [0.3, 0.4) is 0 Å². The number of aromatic nitrogens is 1. The molecule has 2 fully saturated rings. The Morgan fingerprint density at radius 3 is 2.71 bits per heavy atom. The quantitative estimate of drug-likeness (QED) is 0.653. The molecule has 0 aliphatic carbocycles. The van der Waals surface area contributed by atoms with Gasteiger partial charge in [0, 0.05) is 12.7 Å². The molecule has 24 heavy (non-hydrogen) atoms. The lowest BCUT2D eigenvalue weighted by atomic mass is 9.75. The third kappa shape index (κ3) is 2.82. The predicted molar refractivity (Wildman–Crippen MR) is 91.2 cm³/mol. The Balaban J connectivity index is 2.01. The monoisotopic (exact) mass is 328 g/mol. The molecule has 3 heterocycles. The molecular weight excluding hydrogens is 304 g/mol. The molecule has 6 nitrogen and oxygen atoms in total. The van der Waals surface area contributed by atoms with E-state index in [1.165, 1.54) is 4.90 Å². The van der Waals surface area contributed by atoms with E-state index < -0.39 is 5.54 Å². The molecule has 0 radical (unpaired) electrons. The highest BCUT2D eigenvalue weighted by Gasteiger charge is 2.57. The first kappa shape index (κ1) is 16.6. The number of carbonyl (C=O) groups is 2. The molecule has 1 aromatic rings. The van der Waals surface area contributed by atoms with Crippen molar-refractivity contribution in [3.63, 3.8) is 0 Å². The van der Waals surface area contributed by atoms with Crippen LogP contribution in [0.2, 0.25) is 0 Å². The lowest BCUT2D eigenvalue weighted by Crippen LogP contribution is -2.53. The summed E-state index contributed by atoms with van der Waals surface area (Å²) < 4.78 is 0. The summed E-state index contributed by atoms with van der Waals surface area (Å²) in [7, 11) is 0. The number of piperidine rings is 1. The first-order valence-corrected chi connectivity index (χ1v) is 8.45. The second-order valence-electron chi connectivity index (χ2n) is 6.67. The van der Waals surface area contributed by atoms with E-state index in [0.29, 0.717) is 12.2 Å². The van der Waals surface area contributed by atoms with Crippen LogP contribution in [0.4, 0.5) is 4.79 Å². The zero-order valence-corrected chi connectivity index (χ0v) is 14.2. The Kier molecular flexibility index (Phi) is 4.66. The van der Waals surface area contributed by atoms with E-state index in [4.69, 9.17) is 0 Å². The summed E-state index contributed by atoms with van der Waals surface area (Å²) in [4.78, 5) is 31.6. The maximum atomic E-state index is 13.3. The summed E-state index contributed by atoms with van der Waals surface area (Å²) in [6.45, 7) is 5.90. The average Bonchev–Trinajstić information content (AvgIpc) is 2.86. The van der Waals surface area contributed by atoms with Gasteiger partial charge in [0.25, 0.3) is 5.91 Å². The minimum atomic E-state index is -1.05. The molecule has 128 valence electrons. The van der Waals surface area contributed by atoms with Crippen LogP contribution in [-0.2, 0) is 10.3 Å². The van der Waals surface area contributed by atoms with Gasteiger partial charge in [0.15, 0.2) is 5.54 Å². The van der Waals surface area contributed by atoms with Gasteiger partial charge in [-0.2, -0.15) is 0 Å². The zero-order valence-electron chi connectivity index (χ0n) is 14.2. The average molecular weight is 328 g/mol. The van der Waals surface area contributed by atoms with Gasteiger partial charge in [0.2, 0.25) is 0 Å². The number of carbonyl (C=O) groups excluding carboxylic acids is 2. The van der Waals surface area contributed by atoms with Crippen molar-refractivity contribution >= 4 is 11.9 Å². The first-order valence-electron chi connectivity index (χ1n) is 8.45. The standard InChI is InChI=1S/C18H24N4O2/c1-13(2)8-12-22-16(23)18(21-17(22)24,14-6-10-19-11-7-14)15-5-3-4-9-20-15/h3-5,8-9,14,19H,6-7,10-12H2,1-2H3,(H,21,24). The van der Waals surface area contributed by atoms with Crippen LogP contribution < -0.4 is 10.6 Å². The summed E-state index contributed by atoms with van der Waals surface area (Å²) in [5.74, 6) is -0.141. The largest absolute Gasteiger partial charge is 0.325 e. The number of pyridine rings is 1. The molecule has 1 unspecified atom stereocenters. The molecule has 2 aliphatic heterocycles. The summed E-state index contributed by atoms with van der Waals surface area (Å²) in [5.41, 5.74) is 0.665. The molecule has 3 rings (SSSR count). The van der Waals surface area contributed by atoms with E-state index in [9.17, 15) is 9.59 Å². The molecule has 0 saturated carbocycles. The third-order valence-electron chi connectivity index (χ3n) is 4.83. The van der Waals surface area contributed by atoms with E-state index in [0.717, 1.165) is 31.5 Å². The molecular formula is C18H24N4O2. The van der Waals surface area contributed by atoms with Crippen molar-refractivity contribution in [3.8, 4) is 0 Å². The van der Waals surface area contributed by atoms with Crippen molar-refractivity contribution in [1.82, 2.24) is 20.5 Å².